The first-order chi connectivity index (χ1) is 9.57. The fourth-order valence-electron chi connectivity index (χ4n) is 3.20. The number of urea groups is 1. The minimum atomic E-state index is -0.198. The van der Waals surface area contributed by atoms with E-state index >= 15 is 0 Å². The van der Waals surface area contributed by atoms with Crippen LogP contribution in [0.3, 0.4) is 0 Å². The van der Waals surface area contributed by atoms with Gasteiger partial charge in [0.05, 0.1) is 5.54 Å². The average molecular weight is 275 g/mol. The predicted octanol–water partition coefficient (Wildman–Crippen LogP) is 3.06. The summed E-state index contributed by atoms with van der Waals surface area (Å²) in [4.78, 5) is 14.3. The number of anilines is 1. The first-order valence-electron chi connectivity index (χ1n) is 7.37. The molecule has 110 valence electrons. The van der Waals surface area contributed by atoms with Crippen molar-refractivity contribution in [2.75, 3.05) is 18.9 Å². The third-order valence-electron chi connectivity index (χ3n) is 4.49. The van der Waals surface area contributed by atoms with Gasteiger partial charge < -0.3 is 16.0 Å². The molecule has 0 radical (unpaired) electrons. The Kier molecular flexibility index (Phi) is 4.65. The number of carbonyl (C=O) groups is 1. The number of carbonyl (C=O) groups excluding carboxylic acids is 1. The monoisotopic (exact) mass is 275 g/mol. The molecule has 0 saturated heterocycles. The quantitative estimate of drug-likeness (QED) is 0.890. The highest BCUT2D eigenvalue weighted by molar-refractivity contribution is 5.89. The molecule has 1 aromatic carbocycles. The van der Waals surface area contributed by atoms with Gasteiger partial charge in [0.1, 0.15) is 0 Å². The highest BCUT2D eigenvalue weighted by atomic mass is 16.2. The van der Waals surface area contributed by atoms with E-state index in [0.29, 0.717) is 12.5 Å². The molecular weight excluding hydrogens is 250 g/mol. The molecule has 0 bridgehead atoms. The highest BCUT2D eigenvalue weighted by Crippen LogP contribution is 2.35. The van der Waals surface area contributed by atoms with E-state index in [0.717, 1.165) is 24.9 Å². The van der Waals surface area contributed by atoms with Crippen molar-refractivity contribution in [3.63, 3.8) is 0 Å². The first-order valence-corrected chi connectivity index (χ1v) is 7.37. The van der Waals surface area contributed by atoms with Gasteiger partial charge in [-0.25, -0.2) is 4.79 Å². The summed E-state index contributed by atoms with van der Waals surface area (Å²) in [5, 5.41) is 2.94. The van der Waals surface area contributed by atoms with Gasteiger partial charge in [-0.2, -0.15) is 0 Å². The molecule has 2 unspecified atom stereocenters. The first kappa shape index (κ1) is 14.9. The minimum Gasteiger partial charge on any atom is -0.328 e. The summed E-state index contributed by atoms with van der Waals surface area (Å²) in [6, 6.07) is 9.47. The summed E-state index contributed by atoms with van der Waals surface area (Å²) < 4.78 is 0. The second kappa shape index (κ2) is 6.27. The topological polar surface area (TPSA) is 58.4 Å². The smallest absolute Gasteiger partial charge is 0.322 e. The molecule has 2 atom stereocenters. The number of hydrogen-bond acceptors (Lipinski definition) is 2. The van der Waals surface area contributed by atoms with E-state index in [1.165, 1.54) is 6.42 Å². The van der Waals surface area contributed by atoms with Crippen LogP contribution in [-0.4, -0.2) is 30.1 Å². The lowest BCUT2D eigenvalue weighted by molar-refractivity contribution is 0.0910. The molecule has 3 N–H and O–H groups in total. The zero-order chi connectivity index (χ0) is 14.6. The summed E-state index contributed by atoms with van der Waals surface area (Å²) in [6.45, 7) is 2.77. The van der Waals surface area contributed by atoms with Gasteiger partial charge in [0.25, 0.3) is 0 Å². The third-order valence-corrected chi connectivity index (χ3v) is 4.49. The van der Waals surface area contributed by atoms with Gasteiger partial charge in [0, 0.05) is 19.3 Å². The van der Waals surface area contributed by atoms with Crippen LogP contribution >= 0.6 is 0 Å². The highest BCUT2D eigenvalue weighted by Gasteiger charge is 2.39. The lowest BCUT2D eigenvalue weighted by Crippen LogP contribution is -2.57. The van der Waals surface area contributed by atoms with Gasteiger partial charge in [-0.3, -0.25) is 0 Å². The fourth-order valence-corrected chi connectivity index (χ4v) is 3.20. The molecule has 1 saturated carbocycles. The van der Waals surface area contributed by atoms with Crippen molar-refractivity contribution in [3.05, 3.63) is 30.3 Å². The number of rotatable bonds is 3. The van der Waals surface area contributed by atoms with Crippen LogP contribution in [0.1, 0.15) is 32.6 Å². The Morgan fingerprint density at radius 2 is 2.15 bits per heavy atom. The van der Waals surface area contributed by atoms with Crippen LogP contribution < -0.4 is 11.1 Å². The number of nitrogens with two attached hydrogens (primary N) is 1. The van der Waals surface area contributed by atoms with Crippen molar-refractivity contribution in [1.29, 1.82) is 0 Å². The maximum atomic E-state index is 12.4. The van der Waals surface area contributed by atoms with Crippen LogP contribution in [0.15, 0.2) is 30.3 Å². The lowest BCUT2D eigenvalue weighted by atomic mass is 9.75. The van der Waals surface area contributed by atoms with Crippen LogP contribution in [0.25, 0.3) is 0 Å². The molecule has 1 aliphatic carbocycles. The molecule has 1 aliphatic rings. The van der Waals surface area contributed by atoms with Gasteiger partial charge >= 0.3 is 6.03 Å². The largest absolute Gasteiger partial charge is 0.328 e. The Morgan fingerprint density at radius 1 is 1.45 bits per heavy atom. The Hall–Kier alpha value is -1.55. The van der Waals surface area contributed by atoms with Crippen molar-refractivity contribution >= 4 is 11.7 Å². The van der Waals surface area contributed by atoms with Gasteiger partial charge in [0.15, 0.2) is 0 Å². The zero-order valence-electron chi connectivity index (χ0n) is 12.4. The summed E-state index contributed by atoms with van der Waals surface area (Å²) in [5.74, 6) is 0.624. The van der Waals surface area contributed by atoms with E-state index < -0.39 is 0 Å². The summed E-state index contributed by atoms with van der Waals surface area (Å²) in [7, 11) is 1.86. The van der Waals surface area contributed by atoms with Crippen molar-refractivity contribution in [2.45, 2.75) is 38.1 Å². The number of benzene rings is 1. The SMILES string of the molecule is CC1CCCC(CN)(N(C)C(=O)Nc2ccccc2)C1. The standard InChI is InChI=1S/C16H25N3O/c1-13-7-6-10-16(11-13,12-17)19(2)15(20)18-14-8-4-3-5-9-14/h3-5,8-9,13H,6-7,10-12,17H2,1-2H3,(H,18,20). The van der Waals surface area contributed by atoms with Crippen LogP contribution in [0.5, 0.6) is 0 Å². The van der Waals surface area contributed by atoms with Crippen molar-refractivity contribution in [3.8, 4) is 0 Å². The molecule has 0 spiro atoms. The Labute approximate surface area is 121 Å². The number of nitrogens with one attached hydrogen (secondary N) is 1. The molecule has 0 heterocycles. The molecule has 20 heavy (non-hydrogen) atoms. The number of likely N-dealkylation sites (N-methyl/N-ethyl adjacent to an activating group) is 1. The average Bonchev–Trinajstić information content (AvgIpc) is 2.47. The molecule has 0 aliphatic heterocycles. The molecular formula is C16H25N3O. The number of nitrogens with zero attached hydrogens (tertiary/aromatic N) is 1. The molecule has 0 aromatic heterocycles. The van der Waals surface area contributed by atoms with Crippen LogP contribution in [-0.2, 0) is 0 Å². The molecule has 1 fully saturated rings. The second-order valence-corrected chi connectivity index (χ2v) is 5.99. The Bertz CT molecular complexity index is 448. The van der Waals surface area contributed by atoms with Crippen LogP contribution in [0, 0.1) is 5.92 Å². The number of amides is 2. The maximum Gasteiger partial charge on any atom is 0.322 e. The summed E-state index contributed by atoms with van der Waals surface area (Å²) in [6.07, 6.45) is 4.35. The van der Waals surface area contributed by atoms with E-state index in [9.17, 15) is 4.79 Å². The van der Waals surface area contributed by atoms with Gasteiger partial charge in [-0.15, -0.1) is 0 Å². The molecule has 4 nitrogen and oxygen atoms in total. The zero-order valence-corrected chi connectivity index (χ0v) is 12.4. The van der Waals surface area contributed by atoms with Gasteiger partial charge in [-0.1, -0.05) is 38.0 Å². The summed E-state index contributed by atoms with van der Waals surface area (Å²) >= 11 is 0. The molecule has 2 amide bonds. The predicted molar refractivity (Wildman–Crippen MR) is 82.6 cm³/mol. The molecule has 2 rings (SSSR count). The normalized spacial score (nSPS) is 26.1. The van der Waals surface area contributed by atoms with Crippen LogP contribution in [0.4, 0.5) is 10.5 Å². The van der Waals surface area contributed by atoms with E-state index in [-0.39, 0.29) is 11.6 Å². The molecule has 4 heteroatoms. The molecule has 1 aromatic rings. The van der Waals surface area contributed by atoms with E-state index in [2.05, 4.69) is 12.2 Å². The summed E-state index contributed by atoms with van der Waals surface area (Å²) in [5.41, 5.74) is 6.63. The third kappa shape index (κ3) is 3.12. The second-order valence-electron chi connectivity index (χ2n) is 5.99. The van der Waals surface area contributed by atoms with Crippen molar-refractivity contribution in [2.24, 2.45) is 11.7 Å². The number of para-hydroxylation sites is 1. The minimum absolute atomic E-state index is 0.0734. The van der Waals surface area contributed by atoms with Crippen LogP contribution in [0.2, 0.25) is 0 Å². The number of hydrogen-bond donors (Lipinski definition) is 2. The van der Waals surface area contributed by atoms with Gasteiger partial charge in [0.2, 0.25) is 0 Å². The Balaban J connectivity index is 2.08. The van der Waals surface area contributed by atoms with Crippen molar-refractivity contribution in [1.82, 2.24) is 4.90 Å². The van der Waals surface area contributed by atoms with Gasteiger partial charge in [-0.05, 0) is 30.9 Å². The van der Waals surface area contributed by atoms with Crippen molar-refractivity contribution < 1.29 is 4.79 Å². The van der Waals surface area contributed by atoms with E-state index in [4.69, 9.17) is 5.73 Å². The lowest BCUT2D eigenvalue weighted by Gasteiger charge is -2.45. The van der Waals surface area contributed by atoms with E-state index in [1.807, 2.05) is 42.3 Å². The van der Waals surface area contributed by atoms with E-state index in [1.54, 1.807) is 0 Å². The maximum absolute atomic E-state index is 12.4. The Morgan fingerprint density at radius 3 is 2.75 bits per heavy atom. The fraction of sp³-hybridized carbons (Fsp3) is 0.562.